The topological polar surface area (TPSA) is 66.0 Å². The Labute approximate surface area is 189 Å². The highest BCUT2D eigenvalue weighted by molar-refractivity contribution is 6.36. The van der Waals surface area contributed by atoms with Crippen molar-refractivity contribution in [1.29, 1.82) is 10.5 Å². The van der Waals surface area contributed by atoms with Gasteiger partial charge in [-0.2, -0.15) is 10.5 Å². The fourth-order valence-corrected chi connectivity index (χ4v) is 3.27. The zero-order valence-electron chi connectivity index (χ0n) is 14.4. The molecule has 0 aliphatic carbocycles. The number of nitriles is 2. The molecule has 0 radical (unpaired) electrons. The molecule has 0 aliphatic heterocycles. The first kappa shape index (κ1) is 22.0. The van der Waals surface area contributed by atoms with Crippen molar-refractivity contribution in [2.45, 2.75) is 0 Å². The predicted octanol–water partition coefficient (Wildman–Crippen LogP) is 7.91. The van der Waals surface area contributed by atoms with Crippen molar-refractivity contribution >= 4 is 46.4 Å². The molecular weight excluding hydrogens is 480 g/mol. The van der Waals surface area contributed by atoms with Crippen molar-refractivity contribution in [3.8, 4) is 35.1 Å². The lowest BCUT2D eigenvalue weighted by molar-refractivity contribution is 0.373. The summed E-state index contributed by atoms with van der Waals surface area (Å²) in [6.45, 7) is 0. The normalized spacial score (nSPS) is 10.3. The van der Waals surface area contributed by atoms with Crippen LogP contribution < -0.4 is 9.47 Å². The molecule has 0 atom stereocenters. The lowest BCUT2D eigenvalue weighted by Gasteiger charge is -2.17. The Bertz CT molecular complexity index is 1160. The van der Waals surface area contributed by atoms with Gasteiger partial charge in [0, 0.05) is 10.0 Å². The van der Waals surface area contributed by atoms with E-state index in [4.69, 9.17) is 55.9 Å². The maximum absolute atomic E-state index is 15.1. The van der Waals surface area contributed by atoms with Gasteiger partial charge >= 0.3 is 0 Å². The summed E-state index contributed by atoms with van der Waals surface area (Å²) < 4.78 is 41.0. The molecule has 0 unspecified atom stereocenters. The number of ether oxygens (including phenoxy) is 2. The van der Waals surface area contributed by atoms with E-state index < -0.39 is 34.3 Å². The molecule has 4 nitrogen and oxygen atoms in total. The van der Waals surface area contributed by atoms with Crippen LogP contribution in [-0.4, -0.2) is 0 Å². The van der Waals surface area contributed by atoms with Gasteiger partial charge in [0.05, 0.1) is 10.0 Å². The van der Waals surface area contributed by atoms with E-state index in [1.54, 1.807) is 0 Å². The van der Waals surface area contributed by atoms with Crippen LogP contribution in [0.3, 0.4) is 0 Å². The largest absolute Gasteiger partial charge is 0.449 e. The molecular formula is C20H6Cl4F2N2O2. The second kappa shape index (κ2) is 8.95. The highest BCUT2D eigenvalue weighted by Crippen LogP contribution is 2.45. The summed E-state index contributed by atoms with van der Waals surface area (Å²) in [7, 11) is 0. The summed E-state index contributed by atoms with van der Waals surface area (Å²) in [5.41, 5.74) is -1.71. The van der Waals surface area contributed by atoms with Gasteiger partial charge in [0.2, 0.25) is 11.5 Å². The number of nitrogens with zero attached hydrogens (tertiary/aromatic N) is 2. The molecule has 0 fully saturated rings. The van der Waals surface area contributed by atoms with E-state index in [0.29, 0.717) is 0 Å². The average Bonchev–Trinajstić information content (AvgIpc) is 2.70. The zero-order valence-corrected chi connectivity index (χ0v) is 17.5. The van der Waals surface area contributed by atoms with Gasteiger partial charge in [0.15, 0.2) is 11.6 Å². The molecule has 0 aliphatic rings. The third kappa shape index (κ3) is 4.23. The molecule has 3 rings (SSSR count). The molecule has 3 aromatic carbocycles. The van der Waals surface area contributed by atoms with E-state index in [2.05, 4.69) is 0 Å². The van der Waals surface area contributed by atoms with Crippen LogP contribution in [0.4, 0.5) is 8.78 Å². The molecule has 30 heavy (non-hydrogen) atoms. The first-order valence-corrected chi connectivity index (χ1v) is 9.39. The van der Waals surface area contributed by atoms with Crippen LogP contribution in [-0.2, 0) is 0 Å². The number of hydrogen-bond acceptors (Lipinski definition) is 4. The van der Waals surface area contributed by atoms with Crippen molar-refractivity contribution in [3.63, 3.8) is 0 Å². The Morgan fingerprint density at radius 1 is 0.667 bits per heavy atom. The Kier molecular flexibility index (Phi) is 6.55. The molecule has 0 saturated carbocycles. The summed E-state index contributed by atoms with van der Waals surface area (Å²) in [4.78, 5) is 0. The number of benzene rings is 3. The first-order valence-electron chi connectivity index (χ1n) is 7.87. The molecule has 150 valence electrons. The van der Waals surface area contributed by atoms with Gasteiger partial charge in [-0.25, -0.2) is 8.78 Å². The molecule has 0 saturated heterocycles. The van der Waals surface area contributed by atoms with Crippen LogP contribution in [0.5, 0.6) is 23.0 Å². The molecule has 3 aromatic rings. The van der Waals surface area contributed by atoms with E-state index in [1.165, 1.54) is 48.5 Å². The lowest BCUT2D eigenvalue weighted by Crippen LogP contribution is -2.04. The first-order chi connectivity index (χ1) is 14.3. The maximum atomic E-state index is 15.1. The fourth-order valence-electron chi connectivity index (χ4n) is 2.37. The number of hydrogen-bond donors (Lipinski definition) is 0. The summed E-state index contributed by atoms with van der Waals surface area (Å²) in [6, 6.07) is 11.0. The second-order valence-electron chi connectivity index (χ2n) is 5.61. The van der Waals surface area contributed by atoms with E-state index in [1.807, 2.05) is 0 Å². The van der Waals surface area contributed by atoms with Gasteiger partial charge in [0.25, 0.3) is 0 Å². The molecule has 10 heteroatoms. The molecule has 0 spiro atoms. The predicted molar refractivity (Wildman–Crippen MR) is 109 cm³/mol. The van der Waals surface area contributed by atoms with Crippen LogP contribution in [0.1, 0.15) is 11.1 Å². The minimum absolute atomic E-state index is 0.0133. The molecule has 0 amide bonds. The Morgan fingerprint density at radius 3 is 1.33 bits per heavy atom. The quantitative estimate of drug-likeness (QED) is 0.376. The third-order valence-corrected chi connectivity index (χ3v) is 4.79. The van der Waals surface area contributed by atoms with Gasteiger partial charge in [-0.15, -0.1) is 0 Å². The van der Waals surface area contributed by atoms with Crippen LogP contribution >= 0.6 is 46.4 Å². The third-order valence-electron chi connectivity index (χ3n) is 3.73. The number of rotatable bonds is 4. The summed E-state index contributed by atoms with van der Waals surface area (Å²) in [5, 5.41) is 18.9. The van der Waals surface area contributed by atoms with Crippen molar-refractivity contribution in [2.24, 2.45) is 0 Å². The average molecular weight is 486 g/mol. The monoisotopic (exact) mass is 484 g/mol. The van der Waals surface area contributed by atoms with Gasteiger partial charge in [-0.3, -0.25) is 0 Å². The minimum Gasteiger partial charge on any atom is -0.449 e. The Hall–Kier alpha value is -2.74. The zero-order chi connectivity index (χ0) is 22.0. The van der Waals surface area contributed by atoms with E-state index in [9.17, 15) is 10.5 Å². The molecule has 0 bridgehead atoms. The van der Waals surface area contributed by atoms with Crippen LogP contribution in [0, 0.1) is 34.3 Å². The van der Waals surface area contributed by atoms with Gasteiger partial charge < -0.3 is 9.47 Å². The summed E-state index contributed by atoms with van der Waals surface area (Å²) >= 11 is 23.7. The Morgan fingerprint density at radius 2 is 1.03 bits per heavy atom. The molecule has 0 aromatic heterocycles. The van der Waals surface area contributed by atoms with E-state index in [-0.39, 0.29) is 31.6 Å². The van der Waals surface area contributed by atoms with Crippen LogP contribution in [0.25, 0.3) is 0 Å². The van der Waals surface area contributed by atoms with E-state index in [0.717, 1.165) is 0 Å². The second-order valence-corrected chi connectivity index (χ2v) is 7.30. The van der Waals surface area contributed by atoms with Crippen molar-refractivity contribution in [2.75, 3.05) is 0 Å². The molecule has 0 heterocycles. The van der Waals surface area contributed by atoms with Crippen LogP contribution in [0.2, 0.25) is 20.1 Å². The maximum Gasteiger partial charge on any atom is 0.210 e. The van der Waals surface area contributed by atoms with Crippen molar-refractivity contribution in [3.05, 3.63) is 79.3 Å². The Balaban J connectivity index is 2.24. The van der Waals surface area contributed by atoms with E-state index >= 15 is 8.78 Å². The van der Waals surface area contributed by atoms with Gasteiger partial charge in [0.1, 0.15) is 34.8 Å². The van der Waals surface area contributed by atoms with Gasteiger partial charge in [-0.1, -0.05) is 46.4 Å². The highest BCUT2D eigenvalue weighted by Gasteiger charge is 2.29. The SMILES string of the molecule is N#Cc1c(F)c(Oc2ccc(Cl)cc2Cl)c(Oc2ccc(Cl)cc2Cl)c(F)c1C#N. The van der Waals surface area contributed by atoms with Crippen LogP contribution in [0.15, 0.2) is 36.4 Å². The van der Waals surface area contributed by atoms with Crippen molar-refractivity contribution in [1.82, 2.24) is 0 Å². The lowest BCUT2D eigenvalue weighted by atomic mass is 10.1. The highest BCUT2D eigenvalue weighted by atomic mass is 35.5. The standard InChI is InChI=1S/C20H6Cl4F2N2O2/c21-9-1-3-15(13(23)5-9)29-19-17(25)11(7-27)12(8-28)18(26)20(19)30-16-4-2-10(22)6-14(16)24/h1-6H. The minimum atomic E-state index is -1.32. The van der Waals surface area contributed by atoms with Crippen molar-refractivity contribution < 1.29 is 18.3 Å². The molecule has 0 N–H and O–H groups in total. The number of halogens is 6. The summed E-state index contributed by atoms with van der Waals surface area (Å²) in [6.07, 6.45) is 0. The van der Waals surface area contributed by atoms with Gasteiger partial charge in [-0.05, 0) is 36.4 Å². The fraction of sp³-hybridized carbons (Fsp3) is 0. The summed E-state index contributed by atoms with van der Waals surface area (Å²) in [5.74, 6) is -4.44. The smallest absolute Gasteiger partial charge is 0.210 e.